The summed E-state index contributed by atoms with van der Waals surface area (Å²) in [5.41, 5.74) is 0.561. The molecule has 0 saturated carbocycles. The molecule has 0 aromatic heterocycles. The fraction of sp³-hybridized carbons (Fsp3) is 0.538. The standard InChI is InChI=1S/C13H19NO3S/c1-13(2,17-3)9-14-11-8-18(15,16)12-7-5-4-6-10(11)12/h4-7,11,14H,8-9H2,1-3H3. The molecule has 1 N–H and O–H groups in total. The summed E-state index contributed by atoms with van der Waals surface area (Å²) in [4.78, 5) is 0.456. The maximum absolute atomic E-state index is 12.0. The highest BCUT2D eigenvalue weighted by Gasteiger charge is 2.34. The molecule has 100 valence electrons. The minimum atomic E-state index is -3.13. The van der Waals surface area contributed by atoms with Crippen molar-refractivity contribution < 1.29 is 13.2 Å². The van der Waals surface area contributed by atoms with Gasteiger partial charge < -0.3 is 10.1 Å². The third kappa shape index (κ3) is 2.58. The Morgan fingerprint density at radius 3 is 2.72 bits per heavy atom. The maximum Gasteiger partial charge on any atom is 0.180 e. The van der Waals surface area contributed by atoms with Gasteiger partial charge in [0.15, 0.2) is 9.84 Å². The van der Waals surface area contributed by atoms with Crippen molar-refractivity contribution in [1.29, 1.82) is 0 Å². The van der Waals surface area contributed by atoms with Crippen LogP contribution >= 0.6 is 0 Å². The van der Waals surface area contributed by atoms with Gasteiger partial charge in [-0.05, 0) is 25.5 Å². The summed E-state index contributed by atoms with van der Waals surface area (Å²) in [5.74, 6) is 0.131. The van der Waals surface area contributed by atoms with Gasteiger partial charge in [0.2, 0.25) is 0 Å². The number of ether oxygens (including phenoxy) is 1. The van der Waals surface area contributed by atoms with Crippen LogP contribution in [-0.2, 0) is 14.6 Å². The van der Waals surface area contributed by atoms with E-state index in [1.165, 1.54) is 0 Å². The summed E-state index contributed by atoms with van der Waals surface area (Å²) in [6, 6.07) is 7.04. The predicted octanol–water partition coefficient (Wildman–Crippen LogP) is 1.53. The lowest BCUT2D eigenvalue weighted by Gasteiger charge is -2.25. The van der Waals surface area contributed by atoms with Crippen LogP contribution < -0.4 is 5.32 Å². The molecule has 1 aliphatic heterocycles. The van der Waals surface area contributed by atoms with Gasteiger partial charge in [0.1, 0.15) is 0 Å². The van der Waals surface area contributed by atoms with Crippen molar-refractivity contribution in [2.45, 2.75) is 30.4 Å². The quantitative estimate of drug-likeness (QED) is 0.900. The van der Waals surface area contributed by atoms with Gasteiger partial charge in [-0.3, -0.25) is 0 Å². The lowest BCUT2D eigenvalue weighted by Crippen LogP contribution is -2.39. The Kier molecular flexibility index (Phi) is 3.49. The molecule has 1 heterocycles. The van der Waals surface area contributed by atoms with Crippen molar-refractivity contribution in [3.8, 4) is 0 Å². The fourth-order valence-electron chi connectivity index (χ4n) is 2.06. The Bertz CT molecular complexity index is 537. The number of fused-ring (bicyclic) bond motifs is 1. The average Bonchev–Trinajstić information content (AvgIpc) is 2.60. The topological polar surface area (TPSA) is 55.4 Å². The van der Waals surface area contributed by atoms with Gasteiger partial charge >= 0.3 is 0 Å². The van der Waals surface area contributed by atoms with Crippen LogP contribution in [0.15, 0.2) is 29.2 Å². The van der Waals surface area contributed by atoms with Crippen LogP contribution in [0.3, 0.4) is 0 Å². The minimum absolute atomic E-state index is 0.131. The fourth-order valence-corrected chi connectivity index (χ4v) is 3.83. The third-order valence-electron chi connectivity index (χ3n) is 3.34. The maximum atomic E-state index is 12.0. The second-order valence-corrected chi connectivity index (χ2v) is 7.22. The van der Waals surface area contributed by atoms with Crippen LogP contribution in [0.4, 0.5) is 0 Å². The molecule has 0 saturated heterocycles. The third-order valence-corrected chi connectivity index (χ3v) is 5.16. The predicted molar refractivity (Wildman–Crippen MR) is 70.3 cm³/mol. The second-order valence-electron chi connectivity index (χ2n) is 5.22. The van der Waals surface area contributed by atoms with Crippen LogP contribution in [0.2, 0.25) is 0 Å². The zero-order chi connectivity index (χ0) is 13.4. The molecule has 0 amide bonds. The van der Waals surface area contributed by atoms with Gasteiger partial charge in [-0.15, -0.1) is 0 Å². The van der Waals surface area contributed by atoms with Crippen molar-refractivity contribution >= 4 is 9.84 Å². The zero-order valence-corrected chi connectivity index (χ0v) is 11.8. The van der Waals surface area contributed by atoms with Crippen LogP contribution in [0, 0.1) is 0 Å². The first kappa shape index (κ1) is 13.5. The van der Waals surface area contributed by atoms with E-state index in [0.29, 0.717) is 11.4 Å². The molecule has 0 bridgehead atoms. The van der Waals surface area contributed by atoms with Crippen molar-refractivity contribution in [1.82, 2.24) is 5.32 Å². The Morgan fingerprint density at radius 2 is 2.06 bits per heavy atom. The number of nitrogens with one attached hydrogen (secondary N) is 1. The molecule has 1 unspecified atom stereocenters. The largest absolute Gasteiger partial charge is 0.377 e. The summed E-state index contributed by atoms with van der Waals surface area (Å²) in [6.07, 6.45) is 0. The monoisotopic (exact) mass is 269 g/mol. The Morgan fingerprint density at radius 1 is 1.39 bits per heavy atom. The highest BCUT2D eigenvalue weighted by Crippen LogP contribution is 2.33. The van der Waals surface area contributed by atoms with E-state index in [-0.39, 0.29) is 17.4 Å². The number of hydrogen-bond acceptors (Lipinski definition) is 4. The molecule has 1 aromatic rings. The Labute approximate surface area is 108 Å². The molecular formula is C13H19NO3S. The van der Waals surface area contributed by atoms with E-state index in [2.05, 4.69) is 5.32 Å². The SMILES string of the molecule is COC(C)(C)CNC1CS(=O)(=O)c2ccccc21. The molecule has 4 nitrogen and oxygen atoms in total. The molecule has 5 heteroatoms. The molecule has 1 aromatic carbocycles. The first-order valence-corrected chi connectivity index (χ1v) is 7.61. The van der Waals surface area contributed by atoms with E-state index >= 15 is 0 Å². The summed E-state index contributed by atoms with van der Waals surface area (Å²) in [5, 5.41) is 3.28. The number of benzene rings is 1. The average molecular weight is 269 g/mol. The smallest absolute Gasteiger partial charge is 0.180 e. The van der Waals surface area contributed by atoms with E-state index in [1.54, 1.807) is 19.2 Å². The number of rotatable bonds is 4. The molecule has 2 rings (SSSR count). The lowest BCUT2D eigenvalue weighted by molar-refractivity contribution is 0.0215. The molecular weight excluding hydrogens is 250 g/mol. The summed E-state index contributed by atoms with van der Waals surface area (Å²) >= 11 is 0. The molecule has 0 spiro atoms. The van der Waals surface area contributed by atoms with Crippen LogP contribution in [0.1, 0.15) is 25.5 Å². The van der Waals surface area contributed by atoms with Crippen molar-refractivity contribution in [3.63, 3.8) is 0 Å². The molecule has 0 fully saturated rings. The van der Waals surface area contributed by atoms with E-state index in [4.69, 9.17) is 4.74 Å². The normalized spacial score (nSPS) is 21.8. The molecule has 0 radical (unpaired) electrons. The van der Waals surface area contributed by atoms with Crippen molar-refractivity contribution in [2.75, 3.05) is 19.4 Å². The van der Waals surface area contributed by atoms with Crippen molar-refractivity contribution in [3.05, 3.63) is 29.8 Å². The van der Waals surface area contributed by atoms with Gasteiger partial charge in [-0.2, -0.15) is 0 Å². The van der Waals surface area contributed by atoms with Crippen LogP contribution in [0.5, 0.6) is 0 Å². The highest BCUT2D eigenvalue weighted by molar-refractivity contribution is 7.91. The minimum Gasteiger partial charge on any atom is -0.377 e. The van der Waals surface area contributed by atoms with Crippen molar-refractivity contribution in [2.24, 2.45) is 0 Å². The highest BCUT2D eigenvalue weighted by atomic mass is 32.2. The summed E-state index contributed by atoms with van der Waals surface area (Å²) < 4.78 is 29.3. The summed E-state index contributed by atoms with van der Waals surface area (Å²) in [6.45, 7) is 4.54. The van der Waals surface area contributed by atoms with Gasteiger partial charge in [-0.1, -0.05) is 18.2 Å². The molecule has 0 aliphatic carbocycles. The lowest BCUT2D eigenvalue weighted by atomic mass is 10.1. The summed E-state index contributed by atoms with van der Waals surface area (Å²) in [7, 11) is -1.48. The zero-order valence-electron chi connectivity index (χ0n) is 10.9. The molecule has 1 atom stereocenters. The second kappa shape index (κ2) is 4.64. The van der Waals surface area contributed by atoms with E-state index in [9.17, 15) is 8.42 Å². The first-order valence-electron chi connectivity index (χ1n) is 5.96. The van der Waals surface area contributed by atoms with E-state index in [1.807, 2.05) is 26.0 Å². The molecule has 18 heavy (non-hydrogen) atoms. The van der Waals surface area contributed by atoms with E-state index in [0.717, 1.165) is 5.56 Å². The first-order chi connectivity index (χ1) is 8.36. The number of methoxy groups -OCH3 is 1. The van der Waals surface area contributed by atoms with Gasteiger partial charge in [-0.25, -0.2) is 8.42 Å². The van der Waals surface area contributed by atoms with Gasteiger partial charge in [0, 0.05) is 19.7 Å². The Balaban J connectivity index is 2.19. The van der Waals surface area contributed by atoms with Gasteiger partial charge in [0.05, 0.1) is 16.2 Å². The van der Waals surface area contributed by atoms with E-state index < -0.39 is 9.84 Å². The molecule has 1 aliphatic rings. The number of hydrogen-bond donors (Lipinski definition) is 1. The number of sulfone groups is 1. The van der Waals surface area contributed by atoms with Gasteiger partial charge in [0.25, 0.3) is 0 Å². The Hall–Kier alpha value is -0.910. The van der Waals surface area contributed by atoms with Crippen LogP contribution in [0.25, 0.3) is 0 Å². The van der Waals surface area contributed by atoms with Crippen LogP contribution in [-0.4, -0.2) is 33.4 Å².